The molecule has 1 amide bonds. The monoisotopic (exact) mass is 275 g/mol. The third kappa shape index (κ3) is 3.61. The lowest BCUT2D eigenvalue weighted by atomic mass is 10.2. The Hall–Kier alpha value is -2.77. The van der Waals surface area contributed by atoms with Crippen molar-refractivity contribution in [2.75, 3.05) is 6.54 Å². The van der Waals surface area contributed by atoms with E-state index in [0.29, 0.717) is 18.5 Å². The maximum Gasteiger partial charge on any atom is 0.303 e. The molecule has 0 bridgehead atoms. The average Bonchev–Trinajstić information content (AvgIpc) is 2.97. The van der Waals surface area contributed by atoms with Crippen molar-refractivity contribution in [3.63, 3.8) is 0 Å². The molecule has 0 atom stereocenters. The van der Waals surface area contributed by atoms with Crippen LogP contribution in [0.25, 0.3) is 5.69 Å². The molecule has 0 fully saturated rings. The van der Waals surface area contributed by atoms with Crippen LogP contribution < -0.4 is 5.32 Å². The van der Waals surface area contributed by atoms with E-state index >= 15 is 0 Å². The number of rotatable bonds is 6. The van der Waals surface area contributed by atoms with Gasteiger partial charge in [0, 0.05) is 18.5 Å². The summed E-state index contributed by atoms with van der Waals surface area (Å²) in [6, 6.07) is 6.76. The smallest absolute Gasteiger partial charge is 0.303 e. The van der Waals surface area contributed by atoms with Crippen LogP contribution in [0, 0.1) is 0 Å². The van der Waals surface area contributed by atoms with Crippen LogP contribution >= 0.6 is 0 Å². The van der Waals surface area contributed by atoms with Gasteiger partial charge in [0.15, 0.2) is 0 Å². The molecular formula is C12H13N5O3. The van der Waals surface area contributed by atoms with Gasteiger partial charge in [-0.2, -0.15) is 0 Å². The number of benzene rings is 1. The van der Waals surface area contributed by atoms with E-state index in [-0.39, 0.29) is 12.3 Å². The molecule has 0 aliphatic rings. The van der Waals surface area contributed by atoms with Crippen molar-refractivity contribution < 1.29 is 14.7 Å². The highest BCUT2D eigenvalue weighted by atomic mass is 16.4. The molecule has 2 N–H and O–H groups in total. The molecule has 0 radical (unpaired) electrons. The number of carboxylic acids is 1. The molecule has 0 unspecified atom stereocenters. The Morgan fingerprint density at radius 1 is 1.25 bits per heavy atom. The highest BCUT2D eigenvalue weighted by Gasteiger charge is 2.06. The fourth-order valence-electron chi connectivity index (χ4n) is 1.59. The summed E-state index contributed by atoms with van der Waals surface area (Å²) in [5.74, 6) is -1.11. The molecule has 2 aromatic rings. The predicted octanol–water partition coefficient (Wildman–Crippen LogP) is 0.257. The Balaban J connectivity index is 1.89. The number of hydrogen-bond donors (Lipinski definition) is 2. The normalized spacial score (nSPS) is 10.2. The van der Waals surface area contributed by atoms with Crippen LogP contribution in [0.1, 0.15) is 23.2 Å². The zero-order chi connectivity index (χ0) is 14.4. The number of aromatic nitrogens is 4. The molecule has 0 aliphatic heterocycles. The molecule has 8 heteroatoms. The molecule has 2 rings (SSSR count). The number of carbonyl (C=O) groups excluding carboxylic acids is 1. The summed E-state index contributed by atoms with van der Waals surface area (Å²) in [6.45, 7) is 0.333. The minimum absolute atomic E-state index is 0.0402. The van der Waals surface area contributed by atoms with Gasteiger partial charge in [0.05, 0.1) is 5.69 Å². The summed E-state index contributed by atoms with van der Waals surface area (Å²) >= 11 is 0. The first kappa shape index (κ1) is 13.7. The molecule has 0 saturated heterocycles. The Morgan fingerprint density at radius 2 is 2.00 bits per heavy atom. The van der Waals surface area contributed by atoms with E-state index < -0.39 is 5.97 Å². The molecule has 8 nitrogen and oxygen atoms in total. The van der Waals surface area contributed by atoms with Crippen molar-refractivity contribution in [3.05, 3.63) is 36.2 Å². The van der Waals surface area contributed by atoms with E-state index in [1.165, 1.54) is 11.0 Å². The zero-order valence-corrected chi connectivity index (χ0v) is 10.6. The van der Waals surface area contributed by atoms with Gasteiger partial charge >= 0.3 is 5.97 Å². The lowest BCUT2D eigenvalue weighted by molar-refractivity contribution is -0.137. The fraction of sp³-hybridized carbons (Fsp3) is 0.250. The van der Waals surface area contributed by atoms with Crippen LogP contribution in [0.15, 0.2) is 30.6 Å². The highest BCUT2D eigenvalue weighted by molar-refractivity contribution is 5.94. The first-order valence-electron chi connectivity index (χ1n) is 6.00. The van der Waals surface area contributed by atoms with E-state index in [4.69, 9.17) is 5.11 Å². The van der Waals surface area contributed by atoms with Crippen LogP contribution in [0.3, 0.4) is 0 Å². The number of carboxylic acid groups (broad SMARTS) is 1. The fourth-order valence-corrected chi connectivity index (χ4v) is 1.59. The van der Waals surface area contributed by atoms with Crippen molar-refractivity contribution in [2.24, 2.45) is 0 Å². The van der Waals surface area contributed by atoms with Gasteiger partial charge in [-0.1, -0.05) is 0 Å². The van der Waals surface area contributed by atoms with E-state index in [9.17, 15) is 9.59 Å². The molecule has 0 spiro atoms. The Kier molecular flexibility index (Phi) is 4.38. The summed E-state index contributed by atoms with van der Waals surface area (Å²) in [5.41, 5.74) is 1.24. The summed E-state index contributed by atoms with van der Waals surface area (Å²) in [7, 11) is 0. The van der Waals surface area contributed by atoms with E-state index in [1.54, 1.807) is 24.3 Å². The third-order valence-corrected chi connectivity index (χ3v) is 2.60. The topological polar surface area (TPSA) is 110 Å². The number of nitrogens with one attached hydrogen (secondary N) is 1. The minimum Gasteiger partial charge on any atom is -0.481 e. The second-order valence-electron chi connectivity index (χ2n) is 4.05. The summed E-state index contributed by atoms with van der Waals surface area (Å²) < 4.78 is 1.48. The van der Waals surface area contributed by atoms with Gasteiger partial charge in [-0.15, -0.1) is 5.10 Å². The molecule has 1 aromatic carbocycles. The van der Waals surface area contributed by atoms with Crippen molar-refractivity contribution in [2.45, 2.75) is 12.8 Å². The highest BCUT2D eigenvalue weighted by Crippen LogP contribution is 2.07. The summed E-state index contributed by atoms with van der Waals surface area (Å²) in [5, 5.41) is 21.9. The third-order valence-electron chi connectivity index (χ3n) is 2.60. The van der Waals surface area contributed by atoms with E-state index in [2.05, 4.69) is 20.8 Å². The number of amides is 1. The summed E-state index contributed by atoms with van der Waals surface area (Å²) in [6.07, 6.45) is 1.91. The maximum absolute atomic E-state index is 11.8. The van der Waals surface area contributed by atoms with Crippen molar-refractivity contribution in [3.8, 4) is 5.69 Å². The lowest BCUT2D eigenvalue weighted by Crippen LogP contribution is -2.24. The molecule has 1 aromatic heterocycles. The van der Waals surface area contributed by atoms with Crippen LogP contribution in [-0.4, -0.2) is 43.7 Å². The van der Waals surface area contributed by atoms with E-state index in [0.717, 1.165) is 5.69 Å². The quantitative estimate of drug-likeness (QED) is 0.731. The maximum atomic E-state index is 11.8. The average molecular weight is 275 g/mol. The predicted molar refractivity (Wildman–Crippen MR) is 68.4 cm³/mol. The van der Waals surface area contributed by atoms with Crippen molar-refractivity contribution in [1.29, 1.82) is 0 Å². The number of aliphatic carboxylic acids is 1. The second kappa shape index (κ2) is 6.41. The zero-order valence-electron chi connectivity index (χ0n) is 10.6. The largest absolute Gasteiger partial charge is 0.481 e. The Labute approximate surface area is 114 Å². The first-order valence-corrected chi connectivity index (χ1v) is 6.00. The molecule has 0 saturated carbocycles. The Bertz CT molecular complexity index is 580. The van der Waals surface area contributed by atoms with Gasteiger partial charge in [-0.05, 0) is 41.1 Å². The van der Waals surface area contributed by atoms with Gasteiger partial charge in [0.25, 0.3) is 5.91 Å². The van der Waals surface area contributed by atoms with Crippen molar-refractivity contribution in [1.82, 2.24) is 25.5 Å². The van der Waals surface area contributed by atoms with Crippen LogP contribution in [-0.2, 0) is 4.79 Å². The molecule has 0 aliphatic carbocycles. The minimum atomic E-state index is -0.870. The molecule has 104 valence electrons. The Morgan fingerprint density at radius 3 is 2.60 bits per heavy atom. The number of nitrogens with zero attached hydrogens (tertiary/aromatic N) is 4. The standard InChI is InChI=1S/C12H13N5O3/c18-11(19)2-1-7-13-12(20)9-3-5-10(6-4-9)17-8-14-15-16-17/h3-6,8H,1-2,7H2,(H,13,20)(H,18,19). The molecule has 1 heterocycles. The van der Waals surface area contributed by atoms with Crippen LogP contribution in [0.2, 0.25) is 0 Å². The van der Waals surface area contributed by atoms with Crippen molar-refractivity contribution >= 4 is 11.9 Å². The number of hydrogen-bond acceptors (Lipinski definition) is 5. The van der Waals surface area contributed by atoms with E-state index in [1.807, 2.05) is 0 Å². The van der Waals surface area contributed by atoms with Gasteiger partial charge in [-0.25, -0.2) is 4.68 Å². The van der Waals surface area contributed by atoms with Gasteiger partial charge in [0.1, 0.15) is 6.33 Å². The number of tetrazole rings is 1. The van der Waals surface area contributed by atoms with Crippen LogP contribution in [0.4, 0.5) is 0 Å². The van der Waals surface area contributed by atoms with Crippen LogP contribution in [0.5, 0.6) is 0 Å². The van der Waals surface area contributed by atoms with Gasteiger partial charge in [-0.3, -0.25) is 9.59 Å². The second-order valence-corrected chi connectivity index (χ2v) is 4.05. The SMILES string of the molecule is O=C(O)CCCNC(=O)c1ccc(-n2cnnn2)cc1. The molecular weight excluding hydrogens is 262 g/mol. The van der Waals surface area contributed by atoms with Gasteiger partial charge < -0.3 is 10.4 Å². The lowest BCUT2D eigenvalue weighted by Gasteiger charge is -2.05. The number of carbonyl (C=O) groups is 2. The van der Waals surface area contributed by atoms with Gasteiger partial charge in [0.2, 0.25) is 0 Å². The first-order chi connectivity index (χ1) is 9.66. The summed E-state index contributed by atoms with van der Waals surface area (Å²) in [4.78, 5) is 22.1. The molecule has 20 heavy (non-hydrogen) atoms.